The first-order valence-electron chi connectivity index (χ1n) is 5.85. The number of rotatable bonds is 3. The highest BCUT2D eigenvalue weighted by Gasteiger charge is 2.38. The number of amides is 1. The summed E-state index contributed by atoms with van der Waals surface area (Å²) in [6.45, 7) is 2.91. The van der Waals surface area contributed by atoms with Gasteiger partial charge in [-0.15, -0.1) is 0 Å². The highest BCUT2D eigenvalue weighted by molar-refractivity contribution is 5.88. The number of hydrogen-bond donors (Lipinski definition) is 2. The molecule has 2 atom stereocenters. The Morgan fingerprint density at radius 3 is 2.69 bits per heavy atom. The van der Waals surface area contributed by atoms with Crippen LogP contribution in [-0.4, -0.2) is 47.1 Å². The van der Waals surface area contributed by atoms with E-state index in [1.54, 1.807) is 0 Å². The molecule has 1 saturated carbocycles. The number of Topliss-reactive ketones (excluding diaryl/α,β-unsaturated/α-hetero) is 1. The summed E-state index contributed by atoms with van der Waals surface area (Å²) in [5, 5.41) is 12.2. The number of ketones is 1. The van der Waals surface area contributed by atoms with Crippen LogP contribution in [0.3, 0.4) is 0 Å². The summed E-state index contributed by atoms with van der Waals surface area (Å²) >= 11 is 0. The molecule has 1 aliphatic heterocycles. The van der Waals surface area contributed by atoms with Crippen LogP contribution in [0.5, 0.6) is 0 Å². The molecular weight excluding hydrogens is 208 g/mol. The molecule has 2 fully saturated rings. The van der Waals surface area contributed by atoms with E-state index in [4.69, 9.17) is 5.11 Å². The van der Waals surface area contributed by atoms with Gasteiger partial charge in [0.1, 0.15) is 6.04 Å². The molecule has 0 spiro atoms. The number of hydrogen-bond acceptors (Lipinski definition) is 3. The first-order valence-corrected chi connectivity index (χ1v) is 5.85. The van der Waals surface area contributed by atoms with Crippen LogP contribution in [0.15, 0.2) is 0 Å². The van der Waals surface area contributed by atoms with Crippen molar-refractivity contribution in [2.24, 2.45) is 5.92 Å². The van der Waals surface area contributed by atoms with Gasteiger partial charge in [-0.2, -0.15) is 0 Å². The third kappa shape index (κ3) is 2.35. The Morgan fingerprint density at radius 1 is 1.44 bits per heavy atom. The van der Waals surface area contributed by atoms with Crippen LogP contribution in [0.25, 0.3) is 0 Å². The van der Waals surface area contributed by atoms with Gasteiger partial charge in [0.05, 0.1) is 0 Å². The van der Waals surface area contributed by atoms with Gasteiger partial charge in [-0.25, -0.2) is 4.79 Å². The van der Waals surface area contributed by atoms with Crippen molar-refractivity contribution in [2.45, 2.75) is 38.3 Å². The topological polar surface area (TPSA) is 69.6 Å². The monoisotopic (exact) mass is 226 g/mol. The zero-order chi connectivity index (χ0) is 11.7. The lowest BCUT2D eigenvalue weighted by molar-refractivity contribution is -0.125. The molecule has 1 heterocycles. The summed E-state index contributed by atoms with van der Waals surface area (Å²) in [7, 11) is 0. The second-order valence-electron chi connectivity index (χ2n) is 4.78. The average Bonchev–Trinajstić information content (AvgIpc) is 3.00. The minimum Gasteiger partial charge on any atom is -0.465 e. The van der Waals surface area contributed by atoms with Crippen LogP contribution in [0.2, 0.25) is 0 Å². The summed E-state index contributed by atoms with van der Waals surface area (Å²) in [5.74, 6) is 0.585. The lowest BCUT2D eigenvalue weighted by atomic mass is 9.97. The molecular formula is C11H18N2O3. The summed E-state index contributed by atoms with van der Waals surface area (Å²) < 4.78 is 0. The standard InChI is InChI=1S/C11H18N2O3/c1-7-10(9(14)6-8-2-3-8)13(11(15)16)5-4-12-7/h7-8,10,12H,2-6H2,1H3,(H,15,16). The number of nitrogens with one attached hydrogen (secondary N) is 1. The minimum absolute atomic E-state index is 0.0731. The van der Waals surface area contributed by atoms with E-state index in [-0.39, 0.29) is 11.8 Å². The Morgan fingerprint density at radius 2 is 2.12 bits per heavy atom. The molecule has 0 aromatic rings. The average molecular weight is 226 g/mol. The second-order valence-corrected chi connectivity index (χ2v) is 4.78. The van der Waals surface area contributed by atoms with Crippen molar-refractivity contribution in [2.75, 3.05) is 13.1 Å². The SMILES string of the molecule is CC1NCCN(C(=O)O)C1C(=O)CC1CC1. The molecule has 90 valence electrons. The van der Waals surface area contributed by atoms with Crippen LogP contribution in [0, 0.1) is 5.92 Å². The van der Waals surface area contributed by atoms with Crippen molar-refractivity contribution in [1.82, 2.24) is 10.2 Å². The van der Waals surface area contributed by atoms with Gasteiger partial charge in [-0.3, -0.25) is 9.69 Å². The Labute approximate surface area is 94.8 Å². The molecule has 5 heteroatoms. The van der Waals surface area contributed by atoms with Crippen molar-refractivity contribution in [3.8, 4) is 0 Å². The van der Waals surface area contributed by atoms with Gasteiger partial charge in [0.25, 0.3) is 0 Å². The van der Waals surface area contributed by atoms with E-state index in [1.165, 1.54) is 4.90 Å². The number of piperazine rings is 1. The van der Waals surface area contributed by atoms with Crippen LogP contribution >= 0.6 is 0 Å². The molecule has 5 nitrogen and oxygen atoms in total. The van der Waals surface area contributed by atoms with Gasteiger partial charge in [0.15, 0.2) is 5.78 Å². The van der Waals surface area contributed by atoms with Crippen molar-refractivity contribution >= 4 is 11.9 Å². The second kappa shape index (κ2) is 4.41. The largest absolute Gasteiger partial charge is 0.465 e. The number of carboxylic acid groups (broad SMARTS) is 1. The molecule has 1 saturated heterocycles. The lowest BCUT2D eigenvalue weighted by Gasteiger charge is -2.37. The van der Waals surface area contributed by atoms with Crippen LogP contribution < -0.4 is 5.32 Å². The fraction of sp³-hybridized carbons (Fsp3) is 0.818. The molecule has 0 aromatic carbocycles. The van der Waals surface area contributed by atoms with Crippen molar-refractivity contribution in [1.29, 1.82) is 0 Å². The molecule has 0 radical (unpaired) electrons. The van der Waals surface area contributed by atoms with Crippen LogP contribution in [-0.2, 0) is 4.79 Å². The Hall–Kier alpha value is -1.10. The van der Waals surface area contributed by atoms with Gasteiger partial charge in [0, 0.05) is 25.6 Å². The summed E-state index contributed by atoms with van der Waals surface area (Å²) in [4.78, 5) is 24.4. The van der Waals surface area contributed by atoms with E-state index < -0.39 is 12.1 Å². The van der Waals surface area contributed by atoms with Gasteiger partial charge in [-0.1, -0.05) is 0 Å². The van der Waals surface area contributed by atoms with E-state index >= 15 is 0 Å². The maximum atomic E-state index is 12.0. The Balaban J connectivity index is 2.05. The molecule has 1 amide bonds. The zero-order valence-electron chi connectivity index (χ0n) is 9.48. The lowest BCUT2D eigenvalue weighted by Crippen LogP contribution is -2.61. The number of carbonyl (C=O) groups is 2. The predicted molar refractivity (Wildman–Crippen MR) is 58.3 cm³/mol. The highest BCUT2D eigenvalue weighted by atomic mass is 16.4. The predicted octanol–water partition coefficient (Wildman–Crippen LogP) is 0.696. The summed E-state index contributed by atoms with van der Waals surface area (Å²) in [6, 6.07) is -0.567. The van der Waals surface area contributed by atoms with Gasteiger partial charge >= 0.3 is 6.09 Å². The maximum absolute atomic E-state index is 12.0. The Kier molecular flexibility index (Phi) is 3.14. The molecule has 2 N–H and O–H groups in total. The molecule has 2 unspecified atom stereocenters. The number of carbonyl (C=O) groups excluding carboxylic acids is 1. The van der Waals surface area contributed by atoms with Crippen molar-refractivity contribution in [3.63, 3.8) is 0 Å². The molecule has 1 aliphatic carbocycles. The van der Waals surface area contributed by atoms with Crippen LogP contribution in [0.1, 0.15) is 26.2 Å². The minimum atomic E-state index is -0.984. The van der Waals surface area contributed by atoms with E-state index in [9.17, 15) is 9.59 Å². The van der Waals surface area contributed by atoms with Gasteiger partial charge in [-0.05, 0) is 25.7 Å². The quantitative estimate of drug-likeness (QED) is 0.743. The van der Waals surface area contributed by atoms with Gasteiger partial charge < -0.3 is 10.4 Å². The number of nitrogens with zero attached hydrogens (tertiary/aromatic N) is 1. The Bertz CT molecular complexity index is 302. The molecule has 2 aliphatic rings. The van der Waals surface area contributed by atoms with Crippen LogP contribution in [0.4, 0.5) is 4.79 Å². The van der Waals surface area contributed by atoms with Gasteiger partial charge in [0.2, 0.25) is 0 Å². The first-order chi connectivity index (χ1) is 7.59. The maximum Gasteiger partial charge on any atom is 0.408 e. The molecule has 16 heavy (non-hydrogen) atoms. The third-order valence-corrected chi connectivity index (χ3v) is 3.39. The summed E-state index contributed by atoms with van der Waals surface area (Å²) in [6.07, 6.45) is 1.80. The van der Waals surface area contributed by atoms with E-state index in [1.807, 2.05) is 6.92 Å². The molecule has 0 bridgehead atoms. The fourth-order valence-corrected chi connectivity index (χ4v) is 2.33. The van der Waals surface area contributed by atoms with E-state index in [0.29, 0.717) is 25.4 Å². The van der Waals surface area contributed by atoms with Crippen molar-refractivity contribution in [3.05, 3.63) is 0 Å². The smallest absolute Gasteiger partial charge is 0.408 e. The molecule has 2 rings (SSSR count). The highest BCUT2D eigenvalue weighted by Crippen LogP contribution is 2.33. The summed E-state index contributed by atoms with van der Waals surface area (Å²) in [5.41, 5.74) is 0. The first kappa shape index (κ1) is 11.4. The third-order valence-electron chi connectivity index (χ3n) is 3.39. The van der Waals surface area contributed by atoms with E-state index in [2.05, 4.69) is 5.32 Å². The van der Waals surface area contributed by atoms with E-state index in [0.717, 1.165) is 12.8 Å². The normalized spacial score (nSPS) is 30.2. The zero-order valence-corrected chi connectivity index (χ0v) is 9.48. The van der Waals surface area contributed by atoms with Crippen molar-refractivity contribution < 1.29 is 14.7 Å². The fourth-order valence-electron chi connectivity index (χ4n) is 2.33. The molecule has 0 aromatic heterocycles.